The largest absolute Gasteiger partial charge is 0.573 e. The lowest BCUT2D eigenvalue weighted by Gasteiger charge is -2.42. The molecule has 0 spiro atoms. The van der Waals surface area contributed by atoms with Crippen LogP contribution >= 0.6 is 0 Å². The summed E-state index contributed by atoms with van der Waals surface area (Å²) >= 11 is 0. The van der Waals surface area contributed by atoms with Gasteiger partial charge in [0.05, 0.1) is 12.6 Å². The number of alkyl halides is 3. The molecule has 0 aromatic heterocycles. The number of rotatable bonds is 8. The van der Waals surface area contributed by atoms with E-state index in [0.717, 1.165) is 25.0 Å². The van der Waals surface area contributed by atoms with Crippen molar-refractivity contribution in [3.63, 3.8) is 0 Å². The Morgan fingerprint density at radius 1 is 1.23 bits per heavy atom. The van der Waals surface area contributed by atoms with Crippen molar-refractivity contribution in [1.82, 2.24) is 20.4 Å². The quantitative estimate of drug-likeness (QED) is 0.322. The number of urea groups is 2. The summed E-state index contributed by atoms with van der Waals surface area (Å²) < 4.78 is 55.0. The van der Waals surface area contributed by atoms with Crippen LogP contribution in [0.5, 0.6) is 5.75 Å². The lowest BCUT2D eigenvalue weighted by atomic mass is 9.90. The fourth-order valence-electron chi connectivity index (χ4n) is 4.14. The van der Waals surface area contributed by atoms with Crippen molar-refractivity contribution in [3.8, 4) is 5.75 Å². The Balaban J connectivity index is 1.68. The molecule has 2 aliphatic rings. The summed E-state index contributed by atoms with van der Waals surface area (Å²) in [5, 5.41) is 22.3. The lowest BCUT2D eigenvalue weighted by Crippen LogP contribution is -2.59. The van der Waals surface area contributed by atoms with E-state index in [2.05, 4.69) is 15.4 Å². The second kappa shape index (κ2) is 11.1. The Hall–Kier alpha value is -3.09. The van der Waals surface area contributed by atoms with Crippen molar-refractivity contribution < 1.29 is 37.0 Å². The van der Waals surface area contributed by atoms with E-state index in [1.54, 1.807) is 11.8 Å². The predicted molar refractivity (Wildman–Crippen MR) is 118 cm³/mol. The number of nitrogens with zero attached hydrogens (tertiary/aromatic N) is 2. The van der Waals surface area contributed by atoms with Gasteiger partial charge in [-0.15, -0.1) is 13.2 Å². The topological polar surface area (TPSA) is 118 Å². The molecule has 1 aliphatic heterocycles. The molecule has 4 amide bonds. The number of nitrogens with one attached hydrogen (secondary N) is 3. The molecule has 1 saturated heterocycles. The van der Waals surface area contributed by atoms with Gasteiger partial charge in [-0.2, -0.15) is 0 Å². The van der Waals surface area contributed by atoms with E-state index in [1.165, 1.54) is 4.90 Å². The number of amides is 4. The molecule has 4 N–H and O–H groups in total. The Labute approximate surface area is 199 Å². The molecule has 13 heteroatoms. The minimum Gasteiger partial charge on any atom is -0.406 e. The molecule has 194 valence electrons. The SMILES string of the molecule is CC(=N)[C@H]1C[C@@H](N(C(=O)NCc2ccc(OC(F)(F)F)cc2F)C2CC2)CN(C(=O)NCCO)C1. The minimum absolute atomic E-state index is 0.00881. The monoisotopic (exact) mass is 503 g/mol. The first kappa shape index (κ1) is 26.5. The first-order valence-corrected chi connectivity index (χ1v) is 11.3. The maximum absolute atomic E-state index is 14.3. The van der Waals surface area contributed by atoms with Gasteiger partial charge in [0.15, 0.2) is 0 Å². The number of carbonyl (C=O) groups excluding carboxylic acids is 2. The van der Waals surface area contributed by atoms with Gasteiger partial charge >= 0.3 is 18.4 Å². The number of hydrogen-bond donors (Lipinski definition) is 4. The maximum Gasteiger partial charge on any atom is 0.573 e. The predicted octanol–water partition coefficient (Wildman–Crippen LogP) is 2.83. The van der Waals surface area contributed by atoms with Gasteiger partial charge in [-0.3, -0.25) is 0 Å². The van der Waals surface area contributed by atoms with Crippen molar-refractivity contribution in [3.05, 3.63) is 29.6 Å². The van der Waals surface area contributed by atoms with Crippen molar-refractivity contribution in [2.45, 2.75) is 51.2 Å². The normalized spacial score (nSPS) is 20.2. The first-order chi connectivity index (χ1) is 16.5. The molecule has 0 bridgehead atoms. The molecule has 1 heterocycles. The number of benzene rings is 1. The molecule has 1 saturated carbocycles. The molecule has 9 nitrogen and oxygen atoms in total. The van der Waals surface area contributed by atoms with E-state index in [1.807, 2.05) is 0 Å². The molecule has 1 aliphatic carbocycles. The number of piperidine rings is 1. The van der Waals surface area contributed by atoms with Crippen LogP contribution in [0.4, 0.5) is 27.2 Å². The number of aliphatic hydroxyl groups excluding tert-OH is 1. The number of ether oxygens (including phenoxy) is 1. The third-order valence-corrected chi connectivity index (χ3v) is 5.97. The summed E-state index contributed by atoms with van der Waals surface area (Å²) in [4.78, 5) is 28.8. The molecule has 0 unspecified atom stereocenters. The average molecular weight is 503 g/mol. The van der Waals surface area contributed by atoms with Gasteiger partial charge in [0, 0.05) is 55.5 Å². The van der Waals surface area contributed by atoms with Crippen LogP contribution < -0.4 is 15.4 Å². The third kappa shape index (κ3) is 7.44. The summed E-state index contributed by atoms with van der Waals surface area (Å²) in [5.41, 5.74) is 0.375. The zero-order valence-corrected chi connectivity index (χ0v) is 19.2. The average Bonchev–Trinajstić information content (AvgIpc) is 3.60. The van der Waals surface area contributed by atoms with Gasteiger partial charge in [-0.05, 0) is 32.3 Å². The van der Waals surface area contributed by atoms with Gasteiger partial charge in [0.2, 0.25) is 0 Å². The number of hydrogen-bond acceptors (Lipinski definition) is 5. The fraction of sp³-hybridized carbons (Fsp3) is 0.591. The summed E-state index contributed by atoms with van der Waals surface area (Å²) in [6.07, 6.45) is -2.91. The summed E-state index contributed by atoms with van der Waals surface area (Å²) in [7, 11) is 0. The van der Waals surface area contributed by atoms with Crippen LogP contribution in [0, 0.1) is 17.1 Å². The van der Waals surface area contributed by atoms with Gasteiger partial charge in [-0.1, -0.05) is 6.07 Å². The van der Waals surface area contributed by atoms with Gasteiger partial charge in [-0.25, -0.2) is 14.0 Å². The maximum atomic E-state index is 14.3. The van der Waals surface area contributed by atoms with E-state index in [9.17, 15) is 27.2 Å². The van der Waals surface area contributed by atoms with Gasteiger partial charge in [0.1, 0.15) is 11.6 Å². The van der Waals surface area contributed by atoms with E-state index >= 15 is 0 Å². The number of likely N-dealkylation sites (tertiary alicyclic amines) is 1. The molecular weight excluding hydrogens is 474 g/mol. The lowest BCUT2D eigenvalue weighted by molar-refractivity contribution is -0.274. The Morgan fingerprint density at radius 2 is 1.94 bits per heavy atom. The van der Waals surface area contributed by atoms with Crippen molar-refractivity contribution >= 4 is 17.8 Å². The second-order valence-electron chi connectivity index (χ2n) is 8.73. The number of carbonyl (C=O) groups is 2. The highest BCUT2D eigenvalue weighted by molar-refractivity contribution is 5.83. The van der Waals surface area contributed by atoms with Crippen LogP contribution in [-0.4, -0.2) is 77.4 Å². The van der Waals surface area contributed by atoms with E-state index in [4.69, 9.17) is 10.5 Å². The summed E-state index contributed by atoms with van der Waals surface area (Å²) in [5.74, 6) is -1.89. The van der Waals surface area contributed by atoms with Crippen LogP contribution in [0.3, 0.4) is 0 Å². The van der Waals surface area contributed by atoms with Crippen LogP contribution in [0.15, 0.2) is 18.2 Å². The summed E-state index contributed by atoms with van der Waals surface area (Å²) in [6.45, 7) is 1.82. The zero-order valence-electron chi connectivity index (χ0n) is 19.2. The molecule has 1 aromatic carbocycles. The highest BCUT2D eigenvalue weighted by Gasteiger charge is 2.42. The molecule has 2 atom stereocenters. The summed E-state index contributed by atoms with van der Waals surface area (Å²) in [6, 6.07) is 1.38. The van der Waals surface area contributed by atoms with Crippen LogP contribution in [0.25, 0.3) is 0 Å². The second-order valence-corrected chi connectivity index (χ2v) is 8.73. The van der Waals surface area contributed by atoms with Crippen LogP contribution in [-0.2, 0) is 6.54 Å². The smallest absolute Gasteiger partial charge is 0.406 e. The standard InChI is InChI=1S/C22H29F4N5O4/c1-13(27)15-8-17(12-30(11-15)20(33)28-6-7-32)31(16-3-4-16)21(34)29-10-14-2-5-18(9-19(14)23)35-22(24,25)26/h2,5,9,15-17,27,32H,3-4,6-8,10-12H2,1H3,(H,28,33)(H,29,34)/t15-,17+/m0/s1. The molecule has 2 fully saturated rings. The zero-order chi connectivity index (χ0) is 25.8. The molecular formula is C22H29F4N5O4. The van der Waals surface area contributed by atoms with Crippen molar-refractivity contribution in [1.29, 1.82) is 5.41 Å². The van der Waals surface area contributed by atoms with Gasteiger partial charge < -0.3 is 35.7 Å². The van der Waals surface area contributed by atoms with Crippen LogP contribution in [0.2, 0.25) is 0 Å². The van der Waals surface area contributed by atoms with Crippen LogP contribution in [0.1, 0.15) is 31.7 Å². The minimum atomic E-state index is -4.94. The van der Waals surface area contributed by atoms with Crippen molar-refractivity contribution in [2.75, 3.05) is 26.2 Å². The Bertz CT molecular complexity index is 941. The number of aliphatic hydroxyl groups is 1. The third-order valence-electron chi connectivity index (χ3n) is 5.97. The number of halogens is 4. The van der Waals surface area contributed by atoms with E-state index < -0.39 is 30.0 Å². The first-order valence-electron chi connectivity index (χ1n) is 11.3. The highest BCUT2D eigenvalue weighted by atomic mass is 19.4. The van der Waals surface area contributed by atoms with Crippen molar-refractivity contribution in [2.24, 2.45) is 5.92 Å². The van der Waals surface area contributed by atoms with E-state index in [0.29, 0.717) is 24.7 Å². The molecule has 3 rings (SSSR count). The van der Waals surface area contributed by atoms with Gasteiger partial charge in [0.25, 0.3) is 0 Å². The molecule has 35 heavy (non-hydrogen) atoms. The fourth-order valence-corrected chi connectivity index (χ4v) is 4.14. The Kier molecular flexibility index (Phi) is 8.41. The van der Waals surface area contributed by atoms with E-state index in [-0.39, 0.29) is 49.8 Å². The molecule has 1 aromatic rings. The molecule has 0 radical (unpaired) electrons. The highest BCUT2D eigenvalue weighted by Crippen LogP contribution is 2.33. The Morgan fingerprint density at radius 3 is 2.51 bits per heavy atom.